The van der Waals surface area contributed by atoms with Crippen LogP contribution in [0.2, 0.25) is 5.02 Å². The SMILES string of the molecule is Cc1cc(NCC(O)c2ccc(Cl)c(F)c2)nc(C)n1. The summed E-state index contributed by atoms with van der Waals surface area (Å²) in [5.41, 5.74) is 1.30. The molecule has 106 valence electrons. The summed E-state index contributed by atoms with van der Waals surface area (Å²) >= 11 is 5.60. The number of benzene rings is 1. The number of hydrogen-bond donors (Lipinski definition) is 2. The average molecular weight is 296 g/mol. The Morgan fingerprint density at radius 2 is 2.05 bits per heavy atom. The number of rotatable bonds is 4. The Morgan fingerprint density at radius 1 is 1.30 bits per heavy atom. The van der Waals surface area contributed by atoms with Gasteiger partial charge in [0.2, 0.25) is 0 Å². The first-order valence-electron chi connectivity index (χ1n) is 6.15. The molecule has 0 spiro atoms. The Labute approximate surface area is 121 Å². The van der Waals surface area contributed by atoms with Gasteiger partial charge in [0, 0.05) is 18.3 Å². The van der Waals surface area contributed by atoms with Gasteiger partial charge in [-0.1, -0.05) is 17.7 Å². The quantitative estimate of drug-likeness (QED) is 0.910. The molecular formula is C14H15ClFN3O. The van der Waals surface area contributed by atoms with Gasteiger partial charge >= 0.3 is 0 Å². The fourth-order valence-corrected chi connectivity index (χ4v) is 1.96. The van der Waals surface area contributed by atoms with Gasteiger partial charge in [0.05, 0.1) is 11.1 Å². The predicted molar refractivity (Wildman–Crippen MR) is 76.4 cm³/mol. The lowest BCUT2D eigenvalue weighted by atomic mass is 10.1. The van der Waals surface area contributed by atoms with Gasteiger partial charge < -0.3 is 10.4 Å². The smallest absolute Gasteiger partial charge is 0.142 e. The number of aryl methyl sites for hydroxylation is 2. The summed E-state index contributed by atoms with van der Waals surface area (Å²) in [6.07, 6.45) is -0.850. The van der Waals surface area contributed by atoms with Crippen molar-refractivity contribution in [3.05, 3.63) is 52.2 Å². The second kappa shape index (κ2) is 6.15. The van der Waals surface area contributed by atoms with Crippen LogP contribution in [-0.2, 0) is 0 Å². The van der Waals surface area contributed by atoms with Crippen LogP contribution < -0.4 is 5.32 Å². The zero-order valence-corrected chi connectivity index (χ0v) is 11.9. The summed E-state index contributed by atoms with van der Waals surface area (Å²) in [5, 5.41) is 13.1. The normalized spacial score (nSPS) is 12.2. The molecule has 0 aliphatic rings. The predicted octanol–water partition coefficient (Wildman–Crippen LogP) is 3.03. The molecule has 4 nitrogen and oxygen atoms in total. The van der Waals surface area contributed by atoms with E-state index in [0.717, 1.165) is 5.69 Å². The standard InChI is InChI=1S/C14H15ClFN3O/c1-8-5-14(19-9(2)18-8)17-7-13(20)10-3-4-11(15)12(16)6-10/h3-6,13,20H,7H2,1-2H3,(H,17,18,19). The van der Waals surface area contributed by atoms with E-state index in [-0.39, 0.29) is 11.6 Å². The van der Waals surface area contributed by atoms with E-state index in [4.69, 9.17) is 11.6 Å². The number of hydrogen-bond acceptors (Lipinski definition) is 4. The van der Waals surface area contributed by atoms with E-state index in [2.05, 4.69) is 15.3 Å². The minimum atomic E-state index is -0.850. The fraction of sp³-hybridized carbons (Fsp3) is 0.286. The fourth-order valence-electron chi connectivity index (χ4n) is 1.85. The highest BCUT2D eigenvalue weighted by molar-refractivity contribution is 6.30. The second-order valence-electron chi connectivity index (χ2n) is 4.51. The summed E-state index contributed by atoms with van der Waals surface area (Å²) in [6.45, 7) is 3.88. The summed E-state index contributed by atoms with van der Waals surface area (Å²) in [6, 6.07) is 6.02. The molecule has 0 bridgehead atoms. The van der Waals surface area contributed by atoms with Crippen LogP contribution in [0.5, 0.6) is 0 Å². The third-order valence-electron chi connectivity index (χ3n) is 2.77. The molecule has 2 aromatic rings. The first-order chi connectivity index (χ1) is 9.45. The molecule has 0 aliphatic heterocycles. The van der Waals surface area contributed by atoms with Crippen LogP contribution >= 0.6 is 11.6 Å². The number of anilines is 1. The second-order valence-corrected chi connectivity index (χ2v) is 4.92. The number of halogens is 2. The molecule has 20 heavy (non-hydrogen) atoms. The molecule has 0 aliphatic carbocycles. The zero-order chi connectivity index (χ0) is 14.7. The van der Waals surface area contributed by atoms with Gasteiger partial charge in [0.15, 0.2) is 0 Å². The van der Waals surface area contributed by atoms with Gasteiger partial charge in [-0.3, -0.25) is 0 Å². The van der Waals surface area contributed by atoms with Crippen molar-refractivity contribution in [3.8, 4) is 0 Å². The third kappa shape index (κ3) is 3.65. The van der Waals surface area contributed by atoms with Crippen molar-refractivity contribution < 1.29 is 9.50 Å². The highest BCUT2D eigenvalue weighted by Crippen LogP contribution is 2.20. The molecule has 1 aromatic carbocycles. The molecular weight excluding hydrogens is 281 g/mol. The van der Waals surface area contributed by atoms with E-state index < -0.39 is 11.9 Å². The molecule has 0 saturated carbocycles. The molecule has 0 amide bonds. The number of aliphatic hydroxyl groups excluding tert-OH is 1. The Hall–Kier alpha value is -1.72. The van der Waals surface area contributed by atoms with Crippen LogP contribution in [-0.4, -0.2) is 21.6 Å². The number of aliphatic hydroxyl groups is 1. The Morgan fingerprint density at radius 3 is 2.70 bits per heavy atom. The average Bonchev–Trinajstić information content (AvgIpc) is 2.38. The number of aromatic nitrogens is 2. The molecule has 0 fully saturated rings. The van der Waals surface area contributed by atoms with Crippen LogP contribution in [0.3, 0.4) is 0 Å². The van der Waals surface area contributed by atoms with Crippen molar-refractivity contribution in [3.63, 3.8) is 0 Å². The largest absolute Gasteiger partial charge is 0.387 e. The zero-order valence-electron chi connectivity index (χ0n) is 11.2. The van der Waals surface area contributed by atoms with Crippen molar-refractivity contribution in [2.24, 2.45) is 0 Å². The van der Waals surface area contributed by atoms with Crippen molar-refractivity contribution in [1.29, 1.82) is 0 Å². The molecule has 6 heteroatoms. The van der Waals surface area contributed by atoms with Gasteiger partial charge in [0.1, 0.15) is 17.5 Å². The van der Waals surface area contributed by atoms with E-state index in [0.29, 0.717) is 17.2 Å². The van der Waals surface area contributed by atoms with Crippen LogP contribution in [0.15, 0.2) is 24.3 Å². The maximum absolute atomic E-state index is 13.3. The molecule has 1 unspecified atom stereocenters. The first kappa shape index (κ1) is 14.7. The van der Waals surface area contributed by atoms with Crippen LogP contribution in [0, 0.1) is 19.7 Å². The maximum atomic E-state index is 13.3. The van der Waals surface area contributed by atoms with E-state index in [1.807, 2.05) is 6.92 Å². The molecule has 1 aromatic heterocycles. The van der Waals surface area contributed by atoms with Crippen molar-refractivity contribution in [2.45, 2.75) is 20.0 Å². The minimum Gasteiger partial charge on any atom is -0.387 e. The molecule has 1 atom stereocenters. The molecule has 1 heterocycles. The summed E-state index contributed by atoms with van der Waals surface area (Å²) < 4.78 is 13.3. The van der Waals surface area contributed by atoms with Crippen molar-refractivity contribution in [1.82, 2.24) is 9.97 Å². The third-order valence-corrected chi connectivity index (χ3v) is 3.08. The lowest BCUT2D eigenvalue weighted by Crippen LogP contribution is -2.14. The van der Waals surface area contributed by atoms with E-state index in [1.165, 1.54) is 12.1 Å². The molecule has 2 N–H and O–H groups in total. The maximum Gasteiger partial charge on any atom is 0.142 e. The summed E-state index contributed by atoms with van der Waals surface area (Å²) in [5.74, 6) is 0.736. The van der Waals surface area contributed by atoms with Crippen LogP contribution in [0.4, 0.5) is 10.2 Å². The Bertz CT molecular complexity index is 601. The number of nitrogens with one attached hydrogen (secondary N) is 1. The van der Waals surface area contributed by atoms with E-state index in [9.17, 15) is 9.50 Å². The Kier molecular flexibility index (Phi) is 4.52. The Balaban J connectivity index is 2.04. The van der Waals surface area contributed by atoms with Gasteiger partial charge in [0.25, 0.3) is 0 Å². The summed E-state index contributed by atoms with van der Waals surface area (Å²) in [7, 11) is 0. The van der Waals surface area contributed by atoms with E-state index >= 15 is 0 Å². The topological polar surface area (TPSA) is 58.0 Å². The molecule has 2 rings (SSSR count). The lowest BCUT2D eigenvalue weighted by Gasteiger charge is -2.13. The van der Waals surface area contributed by atoms with Crippen LogP contribution in [0.25, 0.3) is 0 Å². The minimum absolute atomic E-state index is 0.0379. The van der Waals surface area contributed by atoms with Crippen LogP contribution in [0.1, 0.15) is 23.2 Å². The highest BCUT2D eigenvalue weighted by atomic mass is 35.5. The van der Waals surface area contributed by atoms with Gasteiger partial charge in [-0.15, -0.1) is 0 Å². The first-order valence-corrected chi connectivity index (χ1v) is 6.52. The summed E-state index contributed by atoms with van der Waals surface area (Å²) in [4.78, 5) is 8.37. The number of nitrogens with zero attached hydrogens (tertiary/aromatic N) is 2. The highest BCUT2D eigenvalue weighted by Gasteiger charge is 2.10. The van der Waals surface area contributed by atoms with E-state index in [1.54, 1.807) is 19.1 Å². The van der Waals surface area contributed by atoms with Crippen molar-refractivity contribution >= 4 is 17.4 Å². The monoisotopic (exact) mass is 295 g/mol. The lowest BCUT2D eigenvalue weighted by molar-refractivity contribution is 0.191. The van der Waals surface area contributed by atoms with Gasteiger partial charge in [-0.25, -0.2) is 14.4 Å². The van der Waals surface area contributed by atoms with Crippen molar-refractivity contribution in [2.75, 3.05) is 11.9 Å². The van der Waals surface area contributed by atoms with Gasteiger partial charge in [-0.05, 0) is 31.5 Å². The van der Waals surface area contributed by atoms with Gasteiger partial charge in [-0.2, -0.15) is 0 Å². The molecule has 0 radical (unpaired) electrons. The molecule has 0 saturated heterocycles.